The maximum Gasteiger partial charge on any atom is 0.318 e. The van der Waals surface area contributed by atoms with Crippen molar-refractivity contribution >= 4 is 23.9 Å². The van der Waals surface area contributed by atoms with Crippen molar-refractivity contribution in [3.8, 4) is 0 Å². The highest BCUT2D eigenvalue weighted by Crippen LogP contribution is 2.34. The summed E-state index contributed by atoms with van der Waals surface area (Å²) in [5, 5.41) is 36.4. The summed E-state index contributed by atoms with van der Waals surface area (Å²) in [5.74, 6) is -13.5. The molecule has 0 saturated heterocycles. The van der Waals surface area contributed by atoms with Crippen molar-refractivity contribution in [2.24, 2.45) is 17.6 Å². The van der Waals surface area contributed by atoms with E-state index in [2.05, 4.69) is 0 Å². The van der Waals surface area contributed by atoms with E-state index in [0.29, 0.717) is 5.56 Å². The average Bonchev–Trinajstić information content (AvgIpc) is 2.45. The zero-order valence-electron chi connectivity index (χ0n) is 11.7. The van der Waals surface area contributed by atoms with Gasteiger partial charge in [0.25, 0.3) is 0 Å². The molecular weight excluding hydrogens is 310 g/mol. The average molecular weight is 325 g/mol. The van der Waals surface area contributed by atoms with Gasteiger partial charge in [-0.3, -0.25) is 19.2 Å². The fourth-order valence-electron chi connectivity index (χ4n) is 2.28. The van der Waals surface area contributed by atoms with Crippen LogP contribution in [-0.2, 0) is 25.7 Å². The van der Waals surface area contributed by atoms with E-state index in [9.17, 15) is 19.2 Å². The van der Waals surface area contributed by atoms with E-state index in [1.807, 2.05) is 0 Å². The molecule has 0 aliphatic heterocycles. The van der Waals surface area contributed by atoms with Gasteiger partial charge in [-0.25, -0.2) is 0 Å². The van der Waals surface area contributed by atoms with Crippen LogP contribution in [0.2, 0.25) is 0 Å². The first-order chi connectivity index (χ1) is 10.7. The number of aliphatic carboxylic acids is 4. The van der Waals surface area contributed by atoms with Gasteiger partial charge in [0.1, 0.15) is 0 Å². The lowest BCUT2D eigenvalue weighted by Gasteiger charge is -2.25. The number of hydrogen-bond acceptors (Lipinski definition) is 5. The Bertz CT molecular complexity index is 564. The van der Waals surface area contributed by atoms with Crippen LogP contribution in [0.15, 0.2) is 24.3 Å². The van der Waals surface area contributed by atoms with Gasteiger partial charge in [-0.05, 0) is 11.1 Å². The Morgan fingerprint density at radius 3 is 1.39 bits per heavy atom. The summed E-state index contributed by atoms with van der Waals surface area (Å²) in [6.07, 6.45) is 0. The van der Waals surface area contributed by atoms with Crippen molar-refractivity contribution < 1.29 is 39.6 Å². The molecule has 0 fully saturated rings. The molecular formula is C14H15NO8. The molecule has 6 N–H and O–H groups in total. The molecule has 0 aliphatic carbocycles. The number of carboxylic acids is 4. The van der Waals surface area contributed by atoms with Gasteiger partial charge in [0, 0.05) is 12.5 Å². The van der Waals surface area contributed by atoms with Crippen LogP contribution in [0.3, 0.4) is 0 Å². The summed E-state index contributed by atoms with van der Waals surface area (Å²) < 4.78 is 0. The molecule has 9 heteroatoms. The number of carbonyl (C=O) groups is 4. The monoisotopic (exact) mass is 325 g/mol. The number of carboxylic acid groups (broad SMARTS) is 4. The van der Waals surface area contributed by atoms with Crippen molar-refractivity contribution in [2.45, 2.75) is 12.5 Å². The van der Waals surface area contributed by atoms with Gasteiger partial charge >= 0.3 is 23.9 Å². The van der Waals surface area contributed by atoms with Gasteiger partial charge in [-0.15, -0.1) is 0 Å². The quantitative estimate of drug-likeness (QED) is 0.405. The zero-order valence-corrected chi connectivity index (χ0v) is 11.7. The Morgan fingerprint density at radius 2 is 1.13 bits per heavy atom. The van der Waals surface area contributed by atoms with Crippen LogP contribution >= 0.6 is 0 Å². The van der Waals surface area contributed by atoms with Crippen molar-refractivity contribution in [3.63, 3.8) is 0 Å². The predicted molar refractivity (Wildman–Crippen MR) is 74.6 cm³/mol. The molecule has 1 aromatic carbocycles. The summed E-state index contributed by atoms with van der Waals surface area (Å²) in [4.78, 5) is 45.0. The van der Waals surface area contributed by atoms with Gasteiger partial charge < -0.3 is 26.2 Å². The second-order valence-corrected chi connectivity index (χ2v) is 4.78. The van der Waals surface area contributed by atoms with Crippen LogP contribution in [0, 0.1) is 11.8 Å². The van der Waals surface area contributed by atoms with Gasteiger partial charge in [0.2, 0.25) is 0 Å². The molecule has 0 heterocycles. The second kappa shape index (κ2) is 7.36. The number of nitrogens with two attached hydrogens (primary N) is 1. The van der Waals surface area contributed by atoms with Gasteiger partial charge in [0.05, 0.1) is 0 Å². The minimum absolute atomic E-state index is 0.0215. The highest BCUT2D eigenvalue weighted by atomic mass is 16.4. The van der Waals surface area contributed by atoms with Crippen LogP contribution in [-0.4, -0.2) is 44.3 Å². The largest absolute Gasteiger partial charge is 0.481 e. The van der Waals surface area contributed by atoms with Gasteiger partial charge in [0.15, 0.2) is 11.8 Å². The topological polar surface area (TPSA) is 175 Å². The number of hydrogen-bond donors (Lipinski definition) is 5. The Morgan fingerprint density at radius 1 is 0.783 bits per heavy atom. The van der Waals surface area contributed by atoms with E-state index in [-0.39, 0.29) is 12.1 Å². The van der Waals surface area contributed by atoms with Crippen LogP contribution in [0.25, 0.3) is 0 Å². The highest BCUT2D eigenvalue weighted by molar-refractivity contribution is 5.99. The smallest absolute Gasteiger partial charge is 0.318 e. The Hall–Kier alpha value is -2.94. The van der Waals surface area contributed by atoms with Gasteiger partial charge in [-0.1, -0.05) is 24.3 Å². The first-order valence-electron chi connectivity index (χ1n) is 6.40. The molecule has 0 amide bonds. The Labute approximate surface area is 130 Å². The summed E-state index contributed by atoms with van der Waals surface area (Å²) >= 11 is 0. The first-order valence-corrected chi connectivity index (χ1v) is 6.40. The van der Waals surface area contributed by atoms with Crippen LogP contribution in [0.4, 0.5) is 0 Å². The third-order valence-corrected chi connectivity index (χ3v) is 3.38. The molecule has 0 spiro atoms. The van der Waals surface area contributed by atoms with Crippen molar-refractivity contribution in [1.82, 2.24) is 0 Å². The van der Waals surface area contributed by atoms with Crippen LogP contribution in [0.5, 0.6) is 0 Å². The van der Waals surface area contributed by atoms with Gasteiger partial charge in [-0.2, -0.15) is 0 Å². The molecule has 0 radical (unpaired) electrons. The molecule has 0 aliphatic rings. The molecule has 9 nitrogen and oxygen atoms in total. The lowest BCUT2D eigenvalue weighted by Crippen LogP contribution is -2.40. The third kappa shape index (κ3) is 4.04. The molecule has 0 saturated carbocycles. The number of benzene rings is 1. The lowest BCUT2D eigenvalue weighted by atomic mass is 9.76. The Kier molecular flexibility index (Phi) is 5.80. The fourth-order valence-corrected chi connectivity index (χ4v) is 2.28. The number of rotatable bonds is 8. The Balaban J connectivity index is 3.50. The standard InChI is InChI=1S/C14H15NO8/c15-5-6-1-3-7(4-2-6)8(9(11(16)17)12(18)19)10(13(20)21)14(22)23/h1-4,8-10H,5,15H2,(H,16,17)(H,18,19)(H,20,21)(H,22,23). The van der Waals surface area contributed by atoms with Crippen molar-refractivity contribution in [2.75, 3.05) is 0 Å². The maximum absolute atomic E-state index is 11.2. The summed E-state index contributed by atoms with van der Waals surface area (Å²) in [7, 11) is 0. The van der Waals surface area contributed by atoms with E-state index >= 15 is 0 Å². The zero-order chi connectivity index (χ0) is 17.7. The third-order valence-electron chi connectivity index (χ3n) is 3.38. The molecule has 23 heavy (non-hydrogen) atoms. The lowest BCUT2D eigenvalue weighted by molar-refractivity contribution is -0.161. The van der Waals surface area contributed by atoms with E-state index in [1.54, 1.807) is 0 Å². The molecule has 1 aromatic rings. The molecule has 1 rings (SSSR count). The summed E-state index contributed by atoms with van der Waals surface area (Å²) in [6.45, 7) is 0.160. The van der Waals surface area contributed by atoms with E-state index < -0.39 is 41.6 Å². The van der Waals surface area contributed by atoms with E-state index in [4.69, 9.17) is 26.2 Å². The molecule has 0 bridgehead atoms. The van der Waals surface area contributed by atoms with Crippen LogP contribution < -0.4 is 5.73 Å². The minimum Gasteiger partial charge on any atom is -0.481 e. The SMILES string of the molecule is NCc1ccc(C(C(C(=O)O)C(=O)O)C(C(=O)O)C(=O)O)cc1. The second-order valence-electron chi connectivity index (χ2n) is 4.78. The normalized spacial score (nSPS) is 11.0. The summed E-state index contributed by atoms with van der Waals surface area (Å²) in [5.41, 5.74) is 6.03. The maximum atomic E-state index is 11.2. The van der Waals surface area contributed by atoms with Crippen LogP contribution in [0.1, 0.15) is 17.0 Å². The first kappa shape index (κ1) is 18.1. The minimum atomic E-state index is -2.23. The van der Waals surface area contributed by atoms with E-state index in [0.717, 1.165) is 0 Å². The molecule has 124 valence electrons. The molecule has 0 aromatic heterocycles. The molecule has 0 unspecified atom stereocenters. The summed E-state index contributed by atoms with van der Waals surface area (Å²) in [6, 6.07) is 5.46. The van der Waals surface area contributed by atoms with Crippen molar-refractivity contribution in [1.29, 1.82) is 0 Å². The molecule has 0 atom stereocenters. The van der Waals surface area contributed by atoms with Crippen molar-refractivity contribution in [3.05, 3.63) is 35.4 Å². The fraction of sp³-hybridized carbons (Fsp3) is 0.286. The predicted octanol–water partition coefficient (Wildman–Crippen LogP) is -0.200. The highest BCUT2D eigenvalue weighted by Gasteiger charge is 2.47. The van der Waals surface area contributed by atoms with E-state index in [1.165, 1.54) is 24.3 Å².